The molecular formula is C16H26BrN3OS2. The van der Waals surface area contributed by atoms with Gasteiger partial charge >= 0.3 is 0 Å². The summed E-state index contributed by atoms with van der Waals surface area (Å²) >= 11 is 5.03. The Kier molecular flexibility index (Phi) is 5.87. The minimum Gasteiger partial charge on any atom is -0.358 e. The molecular weight excluding hydrogens is 394 g/mol. The summed E-state index contributed by atoms with van der Waals surface area (Å²) in [7, 11) is -1.51. The fraction of sp³-hybridized carbons (Fsp3) is 0.500. The molecule has 2 aromatic rings. The van der Waals surface area contributed by atoms with Gasteiger partial charge in [-0.15, -0.1) is 5.10 Å². The molecule has 4 nitrogen and oxygen atoms in total. The smallest absolute Gasteiger partial charge is 0.188 e. The summed E-state index contributed by atoms with van der Waals surface area (Å²) in [6, 6.07) is 8.03. The molecule has 0 saturated carbocycles. The lowest BCUT2D eigenvalue weighted by atomic mass is 10.2. The van der Waals surface area contributed by atoms with Crippen LogP contribution in [0.25, 0.3) is 11.4 Å². The Morgan fingerprint density at radius 2 is 1.83 bits per heavy atom. The molecule has 0 aliphatic carbocycles. The first kappa shape index (κ1) is 18.8. The fourth-order valence-corrected chi connectivity index (χ4v) is 3.47. The van der Waals surface area contributed by atoms with Gasteiger partial charge in [0.05, 0.1) is 6.61 Å². The minimum atomic E-state index is -1.51. The van der Waals surface area contributed by atoms with Crippen LogP contribution in [0.2, 0.25) is 0 Å². The third-order valence-electron chi connectivity index (χ3n) is 3.27. The summed E-state index contributed by atoms with van der Waals surface area (Å²) in [6.45, 7) is 1.21. The van der Waals surface area contributed by atoms with Gasteiger partial charge in [0.15, 0.2) is 11.0 Å². The van der Waals surface area contributed by atoms with Crippen LogP contribution in [0.15, 0.2) is 33.9 Å². The van der Waals surface area contributed by atoms with Crippen LogP contribution in [0, 0.1) is 0 Å². The minimum absolute atomic E-state index is 0.451. The van der Waals surface area contributed by atoms with Crippen molar-refractivity contribution in [3.8, 4) is 11.4 Å². The molecule has 0 bridgehead atoms. The number of thiol groups is 1. The van der Waals surface area contributed by atoms with Gasteiger partial charge in [0.2, 0.25) is 0 Å². The van der Waals surface area contributed by atoms with E-state index in [4.69, 9.17) is 4.74 Å². The standard InChI is InChI=1S/C16H26BrN3OS2/c1-22-16-18-15(13-6-8-14(17)9-7-13)19-20(16)12-21-10-11-23(2,3,4)5/h6-9,23H,10-12H2,1-5H3. The van der Waals surface area contributed by atoms with Crippen LogP contribution in [0.5, 0.6) is 0 Å². The van der Waals surface area contributed by atoms with Crippen molar-refractivity contribution < 1.29 is 4.74 Å². The number of halogens is 1. The van der Waals surface area contributed by atoms with E-state index in [9.17, 15) is 0 Å². The van der Waals surface area contributed by atoms with Crippen LogP contribution in [0.3, 0.4) is 0 Å². The predicted octanol–water partition coefficient (Wildman–Crippen LogP) is 4.00. The number of hydrogen-bond donors (Lipinski definition) is 1. The van der Waals surface area contributed by atoms with Crippen LogP contribution in [0.1, 0.15) is 0 Å². The quantitative estimate of drug-likeness (QED) is 0.418. The van der Waals surface area contributed by atoms with Crippen LogP contribution in [-0.4, -0.2) is 58.4 Å². The third-order valence-corrected chi connectivity index (χ3v) is 6.43. The normalized spacial score (nSPS) is 13.7. The second-order valence-corrected chi connectivity index (χ2v) is 17.7. The summed E-state index contributed by atoms with van der Waals surface area (Å²) in [6.07, 6.45) is 11.5. The summed E-state index contributed by atoms with van der Waals surface area (Å²) in [5.41, 5.74) is 1.01. The van der Waals surface area contributed by atoms with Crippen LogP contribution >= 0.6 is 36.9 Å². The van der Waals surface area contributed by atoms with E-state index in [1.54, 1.807) is 11.8 Å². The number of hydrogen-bond acceptors (Lipinski definition) is 4. The Balaban J connectivity index is 2.03. The van der Waals surface area contributed by atoms with Gasteiger partial charge in [0, 0.05) is 10.0 Å². The van der Waals surface area contributed by atoms with Crippen molar-refractivity contribution in [1.82, 2.24) is 14.8 Å². The van der Waals surface area contributed by atoms with E-state index in [-0.39, 0.29) is 0 Å². The fourth-order valence-electron chi connectivity index (χ4n) is 1.86. The number of rotatable bonds is 7. The molecule has 0 amide bonds. The first-order valence-electron chi connectivity index (χ1n) is 7.47. The number of benzene rings is 1. The molecule has 1 aromatic heterocycles. The van der Waals surface area contributed by atoms with Crippen molar-refractivity contribution in [1.29, 1.82) is 0 Å². The van der Waals surface area contributed by atoms with Crippen LogP contribution < -0.4 is 0 Å². The zero-order valence-electron chi connectivity index (χ0n) is 14.4. The lowest BCUT2D eigenvalue weighted by Crippen LogP contribution is -2.20. The molecule has 0 saturated heterocycles. The molecule has 0 aliphatic rings. The maximum absolute atomic E-state index is 5.84. The van der Waals surface area contributed by atoms with E-state index in [0.29, 0.717) is 6.73 Å². The Morgan fingerprint density at radius 1 is 1.17 bits per heavy atom. The molecule has 0 unspecified atom stereocenters. The molecule has 0 N–H and O–H groups in total. The maximum Gasteiger partial charge on any atom is 0.188 e. The third kappa shape index (κ3) is 6.14. The molecule has 0 aliphatic heterocycles. The molecule has 1 aromatic carbocycles. The van der Waals surface area contributed by atoms with Gasteiger partial charge in [0.1, 0.15) is 6.73 Å². The van der Waals surface area contributed by atoms with E-state index in [1.807, 2.05) is 35.2 Å². The second kappa shape index (κ2) is 7.17. The average molecular weight is 420 g/mol. The molecule has 23 heavy (non-hydrogen) atoms. The van der Waals surface area contributed by atoms with E-state index in [1.165, 1.54) is 0 Å². The number of aromatic nitrogens is 3. The van der Waals surface area contributed by atoms with E-state index in [2.05, 4.69) is 51.0 Å². The highest BCUT2D eigenvalue weighted by molar-refractivity contribution is 9.10. The number of ether oxygens (including phenoxy) is 1. The molecule has 130 valence electrons. The SMILES string of the molecule is CSc1nc(-c2ccc(Br)cc2)nn1COCC[SH](C)(C)(C)C. The monoisotopic (exact) mass is 419 g/mol. The molecule has 0 atom stereocenters. The van der Waals surface area contributed by atoms with Gasteiger partial charge < -0.3 is 4.74 Å². The maximum atomic E-state index is 5.84. The molecule has 2 rings (SSSR count). The molecule has 0 radical (unpaired) electrons. The topological polar surface area (TPSA) is 39.9 Å². The van der Waals surface area contributed by atoms with E-state index < -0.39 is 9.16 Å². The van der Waals surface area contributed by atoms with Gasteiger partial charge in [-0.05, 0) is 49.2 Å². The zero-order chi connectivity index (χ0) is 17.1. The first-order chi connectivity index (χ1) is 10.6. The molecule has 7 heteroatoms. The Hall–Kier alpha value is -0.500. The van der Waals surface area contributed by atoms with Crippen molar-refractivity contribution in [2.45, 2.75) is 11.9 Å². The van der Waals surface area contributed by atoms with Crippen molar-refractivity contribution in [3.63, 3.8) is 0 Å². The number of thioether (sulfide) groups is 1. The average Bonchev–Trinajstić information content (AvgIpc) is 2.86. The van der Waals surface area contributed by atoms with Crippen molar-refractivity contribution >= 4 is 36.9 Å². The Labute approximate surface area is 151 Å². The van der Waals surface area contributed by atoms with Crippen molar-refractivity contribution in [2.75, 3.05) is 43.6 Å². The van der Waals surface area contributed by atoms with Crippen molar-refractivity contribution in [3.05, 3.63) is 28.7 Å². The van der Waals surface area contributed by atoms with Gasteiger partial charge in [-0.1, -0.05) is 39.8 Å². The number of nitrogens with zero attached hydrogens (tertiary/aromatic N) is 3. The lowest BCUT2D eigenvalue weighted by molar-refractivity contribution is 0.0741. The Bertz CT molecular complexity index is 653. The summed E-state index contributed by atoms with van der Waals surface area (Å²) in [4.78, 5) is 4.60. The van der Waals surface area contributed by atoms with Gasteiger partial charge in [-0.3, -0.25) is 9.16 Å². The summed E-state index contributed by atoms with van der Waals surface area (Å²) in [5, 5.41) is 5.46. The van der Waals surface area contributed by atoms with E-state index >= 15 is 0 Å². The Morgan fingerprint density at radius 3 is 2.39 bits per heavy atom. The largest absolute Gasteiger partial charge is 0.358 e. The van der Waals surface area contributed by atoms with Gasteiger partial charge in [0.25, 0.3) is 0 Å². The van der Waals surface area contributed by atoms with Gasteiger partial charge in [-0.2, -0.15) is 0 Å². The predicted molar refractivity (Wildman–Crippen MR) is 108 cm³/mol. The van der Waals surface area contributed by atoms with Gasteiger partial charge in [-0.25, -0.2) is 9.67 Å². The molecule has 0 fully saturated rings. The van der Waals surface area contributed by atoms with Crippen molar-refractivity contribution in [2.24, 2.45) is 0 Å². The summed E-state index contributed by atoms with van der Waals surface area (Å²) in [5.74, 6) is 1.86. The van der Waals surface area contributed by atoms with E-state index in [0.717, 1.165) is 33.4 Å². The van der Waals surface area contributed by atoms with Crippen LogP contribution in [-0.2, 0) is 11.5 Å². The first-order valence-corrected chi connectivity index (χ1v) is 13.7. The highest BCUT2D eigenvalue weighted by Crippen LogP contribution is 2.54. The van der Waals surface area contributed by atoms with Crippen LogP contribution in [0.4, 0.5) is 0 Å². The highest BCUT2D eigenvalue weighted by Gasteiger charge is 2.18. The molecule has 0 spiro atoms. The summed E-state index contributed by atoms with van der Waals surface area (Å²) < 4.78 is 8.73. The lowest BCUT2D eigenvalue weighted by Gasteiger charge is -2.46. The highest BCUT2D eigenvalue weighted by atomic mass is 79.9. The molecule has 1 heterocycles. The second-order valence-electron chi connectivity index (χ2n) is 7.64. The zero-order valence-corrected chi connectivity index (χ0v) is 17.7.